The van der Waals surface area contributed by atoms with E-state index in [1.807, 2.05) is 25.8 Å². The van der Waals surface area contributed by atoms with Gasteiger partial charge >= 0.3 is 0 Å². The number of rotatable bonds is 2. The molecule has 132 valence electrons. The maximum atomic E-state index is 14.4. The predicted octanol–water partition coefficient (Wildman–Crippen LogP) is 6.01. The third kappa shape index (κ3) is 3.72. The van der Waals surface area contributed by atoms with Crippen LogP contribution >= 0.6 is 0 Å². The summed E-state index contributed by atoms with van der Waals surface area (Å²) < 4.78 is 14.4. The van der Waals surface area contributed by atoms with Crippen molar-refractivity contribution in [2.24, 2.45) is 0 Å². The summed E-state index contributed by atoms with van der Waals surface area (Å²) in [5, 5.41) is 0. The molecule has 1 aliphatic heterocycles. The maximum absolute atomic E-state index is 14.4. The van der Waals surface area contributed by atoms with Gasteiger partial charge in [0.2, 0.25) is 0 Å². The number of anilines is 1. The molecule has 0 fully saturated rings. The van der Waals surface area contributed by atoms with E-state index in [0.717, 1.165) is 16.9 Å². The molecule has 1 aromatic rings. The van der Waals surface area contributed by atoms with E-state index in [1.165, 1.54) is 11.1 Å². The van der Waals surface area contributed by atoms with Gasteiger partial charge < -0.3 is 4.90 Å². The fraction of sp³-hybridized carbons (Fsp3) is 0.429. The van der Waals surface area contributed by atoms with Gasteiger partial charge in [0.05, 0.1) is 11.4 Å². The summed E-state index contributed by atoms with van der Waals surface area (Å²) in [5.74, 6) is 0.708. The van der Waals surface area contributed by atoms with Crippen LogP contribution in [0.1, 0.15) is 44.4 Å². The van der Waals surface area contributed by atoms with Gasteiger partial charge in [0.25, 0.3) is 0 Å². The third-order valence-corrected chi connectivity index (χ3v) is 4.26. The van der Waals surface area contributed by atoms with Crippen LogP contribution in [-0.2, 0) is 0 Å². The van der Waals surface area contributed by atoms with E-state index in [-0.39, 0.29) is 0 Å². The van der Waals surface area contributed by atoms with Crippen LogP contribution in [0.2, 0.25) is 0 Å². The molecule has 24 heavy (non-hydrogen) atoms. The Kier molecular flexibility index (Phi) is 6.04. The van der Waals surface area contributed by atoms with Gasteiger partial charge in [-0.05, 0) is 63.5 Å². The molecule has 1 aliphatic rings. The van der Waals surface area contributed by atoms with Crippen LogP contribution in [0.25, 0.3) is 0 Å². The molecule has 0 atom stereocenters. The summed E-state index contributed by atoms with van der Waals surface area (Å²) in [6, 6.07) is 4.29. The second kappa shape index (κ2) is 7.25. The topological polar surface area (TPSA) is 6.48 Å². The van der Waals surface area contributed by atoms with E-state index in [4.69, 9.17) is 0 Å². The first-order chi connectivity index (χ1) is 11.0. The summed E-state index contributed by atoms with van der Waals surface area (Å²) in [5.41, 5.74) is 4.52. The highest BCUT2D eigenvalue weighted by atomic mass is 19.1. The number of aryl methyl sites for hydroxylation is 3. The van der Waals surface area contributed by atoms with Crippen molar-refractivity contribution in [2.75, 3.05) is 11.9 Å². The molecule has 0 aromatic heterocycles. The molecule has 0 N–H and O–H groups in total. The van der Waals surface area contributed by atoms with E-state index in [1.54, 1.807) is 24.8 Å². The molecule has 0 spiro atoms. The third-order valence-electron chi connectivity index (χ3n) is 4.26. The zero-order valence-corrected chi connectivity index (χ0v) is 16.4. The van der Waals surface area contributed by atoms with Crippen LogP contribution in [0.5, 0.6) is 0 Å². The number of alkyl halides is 1. The molecule has 0 saturated heterocycles. The Bertz CT molecular complexity index is 678. The molecule has 0 unspecified atom stereocenters. The average Bonchev–Trinajstić information content (AvgIpc) is 2.49. The van der Waals surface area contributed by atoms with Gasteiger partial charge in [-0.1, -0.05) is 33.1 Å². The smallest absolute Gasteiger partial charge is 0.145 e. The summed E-state index contributed by atoms with van der Waals surface area (Å²) >= 11 is 0. The molecule has 0 saturated carbocycles. The summed E-state index contributed by atoms with van der Waals surface area (Å²) in [6.07, 6.45) is 1.79. The van der Waals surface area contributed by atoms with Crippen LogP contribution in [0.4, 0.5) is 10.1 Å². The minimum atomic E-state index is -1.44. The van der Waals surface area contributed by atoms with Crippen molar-refractivity contribution >= 4 is 5.69 Å². The minimum Gasteiger partial charge on any atom is -0.332 e. The number of benzene rings is 1. The number of nitrogens with zero attached hydrogens (tertiary/aromatic N) is 2. The molecule has 1 heterocycles. The highest BCUT2D eigenvalue weighted by Gasteiger charge is 2.33. The Labute approximate surface area is 147 Å². The first kappa shape index (κ1) is 20.0. The largest absolute Gasteiger partial charge is 0.332 e. The Morgan fingerprint density at radius 2 is 1.46 bits per heavy atom. The zero-order chi connectivity index (χ0) is 18.8. The van der Waals surface area contributed by atoms with Crippen molar-refractivity contribution in [1.82, 2.24) is 4.90 Å². The normalized spacial score (nSPS) is 15.1. The molecular formula is C21H31FN2. The lowest BCUT2D eigenvalue weighted by Gasteiger charge is -2.42. The van der Waals surface area contributed by atoms with Gasteiger partial charge in [0.15, 0.2) is 0 Å². The van der Waals surface area contributed by atoms with Crippen LogP contribution in [0, 0.1) is 20.8 Å². The van der Waals surface area contributed by atoms with Gasteiger partial charge in [-0.15, -0.1) is 0 Å². The lowest BCUT2D eigenvalue weighted by molar-refractivity contribution is 0.216. The molecule has 0 amide bonds. The highest BCUT2D eigenvalue weighted by Crippen LogP contribution is 2.38. The Morgan fingerprint density at radius 3 is 1.96 bits per heavy atom. The molecule has 0 bridgehead atoms. The summed E-state index contributed by atoms with van der Waals surface area (Å²) in [4.78, 5) is 3.78. The number of hydrogen-bond donors (Lipinski definition) is 0. The molecule has 3 heteroatoms. The van der Waals surface area contributed by atoms with Crippen LogP contribution in [0.15, 0.2) is 48.6 Å². The highest BCUT2D eigenvalue weighted by molar-refractivity contribution is 5.67. The molecule has 2 nitrogen and oxygen atoms in total. The van der Waals surface area contributed by atoms with Crippen molar-refractivity contribution < 1.29 is 4.39 Å². The first-order valence-electron chi connectivity index (χ1n) is 8.44. The second-order valence-corrected chi connectivity index (χ2v) is 6.53. The van der Waals surface area contributed by atoms with Gasteiger partial charge in [0.1, 0.15) is 11.5 Å². The predicted molar refractivity (Wildman–Crippen MR) is 104 cm³/mol. The fourth-order valence-electron chi connectivity index (χ4n) is 2.82. The average molecular weight is 330 g/mol. The van der Waals surface area contributed by atoms with E-state index < -0.39 is 5.67 Å². The Morgan fingerprint density at radius 1 is 0.958 bits per heavy atom. The molecular weight excluding hydrogens is 299 g/mol. The van der Waals surface area contributed by atoms with Crippen molar-refractivity contribution in [3.63, 3.8) is 0 Å². The van der Waals surface area contributed by atoms with Crippen molar-refractivity contribution in [2.45, 2.75) is 54.1 Å². The molecule has 0 aliphatic carbocycles. The maximum Gasteiger partial charge on any atom is 0.145 e. The van der Waals surface area contributed by atoms with Gasteiger partial charge in [0, 0.05) is 12.7 Å². The van der Waals surface area contributed by atoms with Gasteiger partial charge in [-0.3, -0.25) is 4.90 Å². The Balaban J connectivity index is 0.00000139. The van der Waals surface area contributed by atoms with Gasteiger partial charge in [-0.2, -0.15) is 0 Å². The van der Waals surface area contributed by atoms with Crippen molar-refractivity contribution in [1.29, 1.82) is 0 Å². The quantitative estimate of drug-likeness (QED) is 0.655. The molecule has 0 radical (unpaired) electrons. The standard InChI is InChI=1S/C19H25FN2.C2H6/c1-12-9-14(3)17(10-13(12)2)22-15(4)11-18(19(6,7)20)21(8)16(22)5;1-2/h9-11H,4-5H2,1-3,6-8H3;1-2H3. The monoisotopic (exact) mass is 330 g/mol. The van der Waals surface area contributed by atoms with Crippen LogP contribution in [0.3, 0.4) is 0 Å². The minimum absolute atomic E-state index is 0.570. The first-order valence-corrected chi connectivity index (χ1v) is 8.44. The van der Waals surface area contributed by atoms with Crippen LogP contribution < -0.4 is 4.90 Å². The van der Waals surface area contributed by atoms with Crippen molar-refractivity contribution in [3.05, 3.63) is 65.3 Å². The number of hydrogen-bond acceptors (Lipinski definition) is 2. The second-order valence-electron chi connectivity index (χ2n) is 6.53. The molecule has 1 aromatic carbocycles. The van der Waals surface area contributed by atoms with E-state index in [0.29, 0.717) is 11.5 Å². The van der Waals surface area contributed by atoms with E-state index in [9.17, 15) is 4.39 Å². The fourth-order valence-corrected chi connectivity index (χ4v) is 2.82. The lowest BCUT2D eigenvalue weighted by atomic mass is 10.00. The summed E-state index contributed by atoms with van der Waals surface area (Å²) in [7, 11) is 1.84. The SMILES string of the molecule is C=C1C=C(C(C)(C)F)N(C)C(=C)N1c1cc(C)c(C)cc1C.CC. The lowest BCUT2D eigenvalue weighted by Crippen LogP contribution is -2.40. The zero-order valence-electron chi connectivity index (χ0n) is 16.4. The van der Waals surface area contributed by atoms with E-state index in [2.05, 4.69) is 46.1 Å². The molecule has 2 rings (SSSR count). The van der Waals surface area contributed by atoms with Crippen LogP contribution in [-0.4, -0.2) is 17.6 Å². The van der Waals surface area contributed by atoms with Gasteiger partial charge in [-0.25, -0.2) is 4.39 Å². The van der Waals surface area contributed by atoms with Crippen molar-refractivity contribution in [3.8, 4) is 0 Å². The summed E-state index contributed by atoms with van der Waals surface area (Å²) in [6.45, 7) is 21.6. The number of allylic oxidation sites excluding steroid dienone is 2. The van der Waals surface area contributed by atoms with E-state index >= 15 is 0 Å². The number of halogens is 1. The Hall–Kier alpha value is -2.03.